The maximum Gasteiger partial charge on any atom is 0.257 e. The Morgan fingerprint density at radius 1 is 1.56 bits per heavy atom. The summed E-state index contributed by atoms with van der Waals surface area (Å²) in [6.45, 7) is 1.23. The zero-order valence-corrected chi connectivity index (χ0v) is 10.3. The second-order valence-corrected chi connectivity index (χ2v) is 4.58. The van der Waals surface area contributed by atoms with Gasteiger partial charge in [-0.15, -0.1) is 0 Å². The number of hydrogen-bond acceptors (Lipinski definition) is 3. The van der Waals surface area contributed by atoms with Crippen LogP contribution in [-0.4, -0.2) is 34.9 Å². The summed E-state index contributed by atoms with van der Waals surface area (Å²) in [6, 6.07) is 1.58. The summed E-state index contributed by atoms with van der Waals surface area (Å²) < 4.78 is 13.6. The van der Waals surface area contributed by atoms with Gasteiger partial charge in [0.25, 0.3) is 5.91 Å². The first-order valence-electron chi connectivity index (χ1n) is 6.34. The van der Waals surface area contributed by atoms with Gasteiger partial charge in [-0.1, -0.05) is 0 Å². The highest BCUT2D eigenvalue weighted by Crippen LogP contribution is 2.22. The van der Waals surface area contributed by atoms with Gasteiger partial charge in [-0.25, -0.2) is 4.39 Å². The van der Waals surface area contributed by atoms with Crippen molar-refractivity contribution < 1.29 is 9.18 Å². The number of halogens is 1. The fraction of sp³-hybridized carbons (Fsp3) is 0.538. The average molecular weight is 251 g/mol. The first-order chi connectivity index (χ1) is 8.74. The van der Waals surface area contributed by atoms with Gasteiger partial charge in [-0.05, 0) is 38.3 Å². The average Bonchev–Trinajstić information content (AvgIpc) is 2.40. The second-order valence-electron chi connectivity index (χ2n) is 4.58. The van der Waals surface area contributed by atoms with E-state index < -0.39 is 5.82 Å². The van der Waals surface area contributed by atoms with E-state index in [4.69, 9.17) is 5.73 Å². The van der Waals surface area contributed by atoms with Crippen molar-refractivity contribution in [2.45, 2.75) is 31.7 Å². The zero-order valence-electron chi connectivity index (χ0n) is 10.3. The lowest BCUT2D eigenvalue weighted by Gasteiger charge is -2.35. The van der Waals surface area contributed by atoms with E-state index in [-0.39, 0.29) is 17.5 Å². The Balaban J connectivity index is 2.18. The van der Waals surface area contributed by atoms with Crippen molar-refractivity contribution in [3.05, 3.63) is 29.8 Å². The third-order valence-electron chi connectivity index (χ3n) is 3.39. The molecular formula is C13H18FN3O. The highest BCUT2D eigenvalue weighted by atomic mass is 19.1. The molecule has 5 heteroatoms. The molecule has 1 atom stereocenters. The first kappa shape index (κ1) is 13.0. The molecule has 1 unspecified atom stereocenters. The summed E-state index contributed by atoms with van der Waals surface area (Å²) in [5.41, 5.74) is 5.67. The number of nitrogens with two attached hydrogens (primary N) is 1. The van der Waals surface area contributed by atoms with Crippen molar-refractivity contribution >= 4 is 5.91 Å². The van der Waals surface area contributed by atoms with E-state index in [9.17, 15) is 9.18 Å². The number of aromatic nitrogens is 1. The van der Waals surface area contributed by atoms with Crippen LogP contribution in [0.4, 0.5) is 4.39 Å². The van der Waals surface area contributed by atoms with Gasteiger partial charge in [0, 0.05) is 18.8 Å². The lowest BCUT2D eigenvalue weighted by atomic mass is 9.98. The molecule has 2 rings (SSSR count). The van der Waals surface area contributed by atoms with E-state index in [0.29, 0.717) is 13.1 Å². The summed E-state index contributed by atoms with van der Waals surface area (Å²) in [6.07, 6.45) is 6.33. The van der Waals surface area contributed by atoms with E-state index in [0.717, 1.165) is 31.9 Å². The number of carbonyl (C=O) groups excluding carboxylic acids is 1. The molecule has 2 heterocycles. The Hall–Kier alpha value is -1.49. The van der Waals surface area contributed by atoms with Gasteiger partial charge < -0.3 is 10.6 Å². The maximum atomic E-state index is 13.6. The summed E-state index contributed by atoms with van der Waals surface area (Å²) >= 11 is 0. The van der Waals surface area contributed by atoms with Crippen LogP contribution < -0.4 is 5.73 Å². The summed E-state index contributed by atoms with van der Waals surface area (Å²) in [5.74, 6) is -0.798. The molecular weight excluding hydrogens is 233 g/mol. The standard InChI is InChI=1S/C13H18FN3O/c14-12-9-16-7-5-11(12)13(18)17-8-2-1-3-10(17)4-6-15/h5,7,9-10H,1-4,6,8,15H2. The molecule has 98 valence electrons. The summed E-state index contributed by atoms with van der Waals surface area (Å²) in [5, 5.41) is 0. The largest absolute Gasteiger partial charge is 0.336 e. The van der Waals surface area contributed by atoms with E-state index in [1.54, 1.807) is 4.90 Å². The SMILES string of the molecule is NCCC1CCCCN1C(=O)c1ccncc1F. The molecule has 1 fully saturated rings. The molecule has 1 aromatic heterocycles. The second kappa shape index (κ2) is 5.91. The van der Waals surface area contributed by atoms with Gasteiger partial charge in [-0.2, -0.15) is 0 Å². The first-order valence-corrected chi connectivity index (χ1v) is 6.34. The van der Waals surface area contributed by atoms with E-state index in [1.807, 2.05) is 0 Å². The van der Waals surface area contributed by atoms with Crippen molar-refractivity contribution in [1.82, 2.24) is 9.88 Å². The molecule has 1 aliphatic heterocycles. The van der Waals surface area contributed by atoms with Crippen molar-refractivity contribution in [1.29, 1.82) is 0 Å². The normalized spacial score (nSPS) is 19.9. The van der Waals surface area contributed by atoms with Gasteiger partial charge in [0.05, 0.1) is 11.8 Å². The molecule has 0 radical (unpaired) electrons. The molecule has 4 nitrogen and oxygen atoms in total. The van der Waals surface area contributed by atoms with Crippen LogP contribution in [0.3, 0.4) is 0 Å². The van der Waals surface area contributed by atoms with Crippen LogP contribution in [0.25, 0.3) is 0 Å². The third kappa shape index (κ3) is 2.67. The minimum atomic E-state index is -0.556. The van der Waals surface area contributed by atoms with E-state index >= 15 is 0 Å². The lowest BCUT2D eigenvalue weighted by Crippen LogP contribution is -2.44. The molecule has 1 amide bonds. The fourth-order valence-electron chi connectivity index (χ4n) is 2.46. The molecule has 0 spiro atoms. The van der Waals surface area contributed by atoms with Gasteiger partial charge in [0.15, 0.2) is 5.82 Å². The van der Waals surface area contributed by atoms with Crippen LogP contribution in [0, 0.1) is 5.82 Å². The van der Waals surface area contributed by atoms with Crippen LogP contribution in [-0.2, 0) is 0 Å². The monoisotopic (exact) mass is 251 g/mol. The molecule has 1 saturated heterocycles. The summed E-state index contributed by atoms with van der Waals surface area (Å²) in [4.78, 5) is 17.7. The molecule has 1 aromatic rings. The predicted octanol–water partition coefficient (Wildman–Crippen LogP) is 1.56. The molecule has 1 aliphatic rings. The minimum absolute atomic E-state index is 0.105. The third-order valence-corrected chi connectivity index (χ3v) is 3.39. The number of hydrogen-bond donors (Lipinski definition) is 1. The molecule has 2 N–H and O–H groups in total. The Morgan fingerprint density at radius 2 is 2.39 bits per heavy atom. The zero-order chi connectivity index (χ0) is 13.0. The minimum Gasteiger partial charge on any atom is -0.336 e. The van der Waals surface area contributed by atoms with E-state index in [1.165, 1.54) is 12.3 Å². The topological polar surface area (TPSA) is 59.2 Å². The van der Waals surface area contributed by atoms with Gasteiger partial charge >= 0.3 is 0 Å². The smallest absolute Gasteiger partial charge is 0.257 e. The Bertz CT molecular complexity index is 422. The van der Waals surface area contributed by atoms with Crippen molar-refractivity contribution in [2.24, 2.45) is 5.73 Å². The van der Waals surface area contributed by atoms with Crippen LogP contribution in [0.5, 0.6) is 0 Å². The predicted molar refractivity (Wildman–Crippen MR) is 66.5 cm³/mol. The van der Waals surface area contributed by atoms with E-state index in [2.05, 4.69) is 4.98 Å². The maximum absolute atomic E-state index is 13.6. The number of amides is 1. The summed E-state index contributed by atoms with van der Waals surface area (Å²) in [7, 11) is 0. The Labute approximate surface area is 106 Å². The van der Waals surface area contributed by atoms with Crippen molar-refractivity contribution in [3.63, 3.8) is 0 Å². The number of nitrogens with zero attached hydrogens (tertiary/aromatic N) is 2. The quantitative estimate of drug-likeness (QED) is 0.887. The number of likely N-dealkylation sites (tertiary alicyclic amines) is 1. The number of pyridine rings is 1. The van der Waals surface area contributed by atoms with Crippen LogP contribution in [0.1, 0.15) is 36.0 Å². The lowest BCUT2D eigenvalue weighted by molar-refractivity contribution is 0.0600. The number of piperidine rings is 1. The molecule has 0 saturated carbocycles. The number of carbonyl (C=O) groups is 1. The highest BCUT2D eigenvalue weighted by Gasteiger charge is 2.28. The van der Waals surface area contributed by atoms with Crippen LogP contribution >= 0.6 is 0 Å². The number of rotatable bonds is 3. The van der Waals surface area contributed by atoms with Gasteiger partial charge in [0.2, 0.25) is 0 Å². The molecule has 0 bridgehead atoms. The van der Waals surface area contributed by atoms with Gasteiger partial charge in [0.1, 0.15) is 0 Å². The molecule has 0 aromatic carbocycles. The van der Waals surface area contributed by atoms with Crippen LogP contribution in [0.15, 0.2) is 18.5 Å². The highest BCUT2D eigenvalue weighted by molar-refractivity contribution is 5.94. The van der Waals surface area contributed by atoms with Gasteiger partial charge in [-0.3, -0.25) is 9.78 Å². The Kier molecular flexibility index (Phi) is 4.25. The van der Waals surface area contributed by atoms with Crippen molar-refractivity contribution in [2.75, 3.05) is 13.1 Å². The van der Waals surface area contributed by atoms with Crippen molar-refractivity contribution in [3.8, 4) is 0 Å². The molecule has 18 heavy (non-hydrogen) atoms. The van der Waals surface area contributed by atoms with Crippen LogP contribution in [0.2, 0.25) is 0 Å². The fourth-order valence-corrected chi connectivity index (χ4v) is 2.46. The Morgan fingerprint density at radius 3 is 3.11 bits per heavy atom. The molecule has 0 aliphatic carbocycles.